The minimum atomic E-state index is -0.441. The van der Waals surface area contributed by atoms with Crippen LogP contribution >= 0.6 is 27.5 Å². The van der Waals surface area contributed by atoms with Crippen LogP contribution in [0.5, 0.6) is 5.75 Å². The number of hydrogen-bond donors (Lipinski definition) is 2. The molecule has 0 heterocycles. The maximum Gasteiger partial charge on any atom is 0.141 e. The summed E-state index contributed by atoms with van der Waals surface area (Å²) in [6.45, 7) is 0. The minimum Gasteiger partial charge on any atom is -0.496 e. The predicted octanol–water partition coefficient (Wildman–Crippen LogP) is 4.00. The molecule has 0 fully saturated rings. The Morgan fingerprint density at radius 2 is 2.10 bits per heavy atom. The first-order chi connectivity index (χ1) is 10.0. The van der Waals surface area contributed by atoms with E-state index in [2.05, 4.69) is 21.4 Å². The summed E-state index contributed by atoms with van der Waals surface area (Å²) in [6, 6.07) is 10.2. The van der Waals surface area contributed by atoms with Crippen molar-refractivity contribution in [1.29, 1.82) is 0 Å². The topological polar surface area (TPSA) is 47.3 Å². The third-order valence-corrected chi connectivity index (χ3v) is 4.11. The number of benzene rings is 2. The molecule has 0 saturated heterocycles. The summed E-state index contributed by atoms with van der Waals surface area (Å²) < 4.78 is 19.3. The lowest BCUT2D eigenvalue weighted by atomic mass is 9.99. The fourth-order valence-electron chi connectivity index (χ4n) is 2.07. The highest BCUT2D eigenvalue weighted by molar-refractivity contribution is 9.10. The van der Waals surface area contributed by atoms with Crippen molar-refractivity contribution in [3.05, 3.63) is 62.8 Å². The predicted molar refractivity (Wildman–Crippen MR) is 85.9 cm³/mol. The second kappa shape index (κ2) is 7.22. The van der Waals surface area contributed by atoms with E-state index < -0.39 is 5.82 Å². The molecular formula is C15H15BrClFN2O. The average Bonchev–Trinajstić information content (AvgIpc) is 2.48. The van der Waals surface area contributed by atoms with Crippen LogP contribution in [0.3, 0.4) is 0 Å². The molecular weight excluding hydrogens is 359 g/mol. The molecule has 0 aliphatic carbocycles. The first-order valence-corrected chi connectivity index (χ1v) is 7.45. The number of methoxy groups -OCH3 is 1. The smallest absolute Gasteiger partial charge is 0.141 e. The van der Waals surface area contributed by atoms with Gasteiger partial charge >= 0.3 is 0 Å². The molecule has 2 rings (SSSR count). The monoisotopic (exact) mass is 372 g/mol. The molecule has 112 valence electrons. The van der Waals surface area contributed by atoms with Crippen LogP contribution in [0, 0.1) is 5.82 Å². The molecule has 2 aromatic rings. The Balaban J connectivity index is 2.22. The molecule has 0 aromatic heterocycles. The van der Waals surface area contributed by atoms with Crippen LogP contribution in [0.4, 0.5) is 4.39 Å². The number of halogens is 3. The van der Waals surface area contributed by atoms with Crippen LogP contribution in [0.15, 0.2) is 40.9 Å². The Bertz CT molecular complexity index is 639. The Labute approximate surface area is 136 Å². The highest BCUT2D eigenvalue weighted by Gasteiger charge is 2.13. The number of ether oxygens (including phenoxy) is 1. The standard InChI is InChI=1S/C15H15BrClFN2O/c1-21-15-5-2-9(6-11(15)16)7-14(20-19)10-3-4-13(18)12(17)8-10/h2-6,8,14,20H,7,19H2,1H3. The van der Waals surface area contributed by atoms with Gasteiger partial charge in [-0.15, -0.1) is 0 Å². The van der Waals surface area contributed by atoms with Crippen molar-refractivity contribution >= 4 is 27.5 Å². The van der Waals surface area contributed by atoms with Crippen molar-refractivity contribution in [2.75, 3.05) is 7.11 Å². The number of hydrogen-bond acceptors (Lipinski definition) is 3. The van der Waals surface area contributed by atoms with Gasteiger partial charge in [-0.1, -0.05) is 23.7 Å². The Hall–Kier alpha value is -1.14. The van der Waals surface area contributed by atoms with Gasteiger partial charge in [0.05, 0.1) is 22.6 Å². The van der Waals surface area contributed by atoms with Gasteiger partial charge in [0.25, 0.3) is 0 Å². The number of nitrogens with two attached hydrogens (primary N) is 1. The molecule has 0 spiro atoms. The Morgan fingerprint density at radius 3 is 2.67 bits per heavy atom. The van der Waals surface area contributed by atoms with E-state index in [0.29, 0.717) is 6.42 Å². The average molecular weight is 374 g/mol. The van der Waals surface area contributed by atoms with Crippen LogP contribution in [0.2, 0.25) is 5.02 Å². The van der Waals surface area contributed by atoms with Crippen LogP contribution in [-0.4, -0.2) is 7.11 Å². The zero-order chi connectivity index (χ0) is 15.4. The maximum atomic E-state index is 13.2. The van der Waals surface area contributed by atoms with Crippen molar-refractivity contribution in [2.45, 2.75) is 12.5 Å². The molecule has 3 N–H and O–H groups in total. The summed E-state index contributed by atoms with van der Waals surface area (Å²) in [5.74, 6) is 5.93. The summed E-state index contributed by atoms with van der Waals surface area (Å²) in [4.78, 5) is 0. The van der Waals surface area contributed by atoms with Gasteiger partial charge in [0, 0.05) is 0 Å². The van der Waals surface area contributed by atoms with E-state index in [1.807, 2.05) is 18.2 Å². The van der Waals surface area contributed by atoms with Gasteiger partial charge in [0.2, 0.25) is 0 Å². The zero-order valence-corrected chi connectivity index (χ0v) is 13.7. The zero-order valence-electron chi connectivity index (χ0n) is 11.4. The molecule has 0 bridgehead atoms. The van der Waals surface area contributed by atoms with Gasteiger partial charge in [-0.25, -0.2) is 4.39 Å². The second-order valence-corrected chi connectivity index (χ2v) is 5.83. The Morgan fingerprint density at radius 1 is 1.33 bits per heavy atom. The van der Waals surface area contributed by atoms with Gasteiger partial charge in [-0.3, -0.25) is 11.3 Å². The molecule has 6 heteroatoms. The lowest BCUT2D eigenvalue weighted by Crippen LogP contribution is -2.29. The highest BCUT2D eigenvalue weighted by Crippen LogP contribution is 2.28. The molecule has 0 aliphatic heterocycles. The maximum absolute atomic E-state index is 13.2. The fourth-order valence-corrected chi connectivity index (χ4v) is 2.85. The summed E-state index contributed by atoms with van der Waals surface area (Å²) in [5.41, 5.74) is 4.62. The third kappa shape index (κ3) is 3.95. The first-order valence-electron chi connectivity index (χ1n) is 6.28. The summed E-state index contributed by atoms with van der Waals surface area (Å²) in [5, 5.41) is 0.0867. The number of hydrazine groups is 1. The van der Waals surface area contributed by atoms with Gasteiger partial charge in [0.1, 0.15) is 11.6 Å². The number of nitrogens with one attached hydrogen (secondary N) is 1. The van der Waals surface area contributed by atoms with E-state index in [4.69, 9.17) is 22.2 Å². The van der Waals surface area contributed by atoms with E-state index in [0.717, 1.165) is 21.3 Å². The van der Waals surface area contributed by atoms with Crippen molar-refractivity contribution in [1.82, 2.24) is 5.43 Å². The van der Waals surface area contributed by atoms with Gasteiger partial charge in [0.15, 0.2) is 0 Å². The van der Waals surface area contributed by atoms with Crippen molar-refractivity contribution in [2.24, 2.45) is 5.84 Å². The van der Waals surface area contributed by atoms with E-state index in [9.17, 15) is 4.39 Å². The lowest BCUT2D eigenvalue weighted by Gasteiger charge is -2.17. The molecule has 1 unspecified atom stereocenters. The van der Waals surface area contributed by atoms with E-state index in [-0.39, 0.29) is 11.1 Å². The molecule has 0 radical (unpaired) electrons. The minimum absolute atomic E-state index is 0.0867. The van der Waals surface area contributed by atoms with E-state index in [1.165, 1.54) is 6.07 Å². The Kier molecular flexibility index (Phi) is 5.58. The first kappa shape index (κ1) is 16.2. The van der Waals surface area contributed by atoms with Gasteiger partial charge in [-0.05, 0) is 57.7 Å². The molecule has 2 aromatic carbocycles. The normalized spacial score (nSPS) is 12.2. The van der Waals surface area contributed by atoms with Crippen molar-refractivity contribution in [3.63, 3.8) is 0 Å². The molecule has 21 heavy (non-hydrogen) atoms. The van der Waals surface area contributed by atoms with Crippen LogP contribution in [-0.2, 0) is 6.42 Å². The quantitative estimate of drug-likeness (QED) is 0.615. The van der Waals surface area contributed by atoms with Crippen molar-refractivity contribution in [3.8, 4) is 5.75 Å². The van der Waals surface area contributed by atoms with Crippen LogP contribution < -0.4 is 16.0 Å². The largest absolute Gasteiger partial charge is 0.496 e. The lowest BCUT2D eigenvalue weighted by molar-refractivity contribution is 0.412. The SMILES string of the molecule is COc1ccc(CC(NN)c2ccc(F)c(Cl)c2)cc1Br. The molecule has 0 aliphatic rings. The van der Waals surface area contributed by atoms with Crippen LogP contribution in [0.1, 0.15) is 17.2 Å². The van der Waals surface area contributed by atoms with E-state index >= 15 is 0 Å². The number of rotatable bonds is 5. The summed E-state index contributed by atoms with van der Waals surface area (Å²) in [7, 11) is 1.62. The molecule has 3 nitrogen and oxygen atoms in total. The summed E-state index contributed by atoms with van der Waals surface area (Å²) >= 11 is 9.26. The summed E-state index contributed by atoms with van der Waals surface area (Å²) in [6.07, 6.45) is 0.640. The molecule has 0 amide bonds. The van der Waals surface area contributed by atoms with E-state index in [1.54, 1.807) is 19.2 Å². The third-order valence-electron chi connectivity index (χ3n) is 3.20. The fraction of sp³-hybridized carbons (Fsp3) is 0.200. The van der Waals surface area contributed by atoms with Crippen molar-refractivity contribution < 1.29 is 9.13 Å². The molecule has 0 saturated carbocycles. The highest BCUT2D eigenvalue weighted by atomic mass is 79.9. The second-order valence-electron chi connectivity index (χ2n) is 4.57. The van der Waals surface area contributed by atoms with Crippen LogP contribution in [0.25, 0.3) is 0 Å². The molecule has 1 atom stereocenters. The van der Waals surface area contributed by atoms with Gasteiger partial charge in [-0.2, -0.15) is 0 Å². The van der Waals surface area contributed by atoms with Gasteiger partial charge < -0.3 is 4.74 Å².